The van der Waals surface area contributed by atoms with Crippen molar-refractivity contribution in [2.75, 3.05) is 13.1 Å². The number of rotatable bonds is 2. The predicted molar refractivity (Wildman–Crippen MR) is 37.9 cm³/mol. The van der Waals surface area contributed by atoms with E-state index in [4.69, 9.17) is 0 Å². The molecule has 0 radical (unpaired) electrons. The molecule has 0 aromatic carbocycles. The maximum atomic E-state index is 10.6. The molecule has 1 fully saturated rings. The minimum atomic E-state index is 0.583. The van der Waals surface area contributed by atoms with Crippen molar-refractivity contribution in [3.8, 4) is 0 Å². The van der Waals surface area contributed by atoms with E-state index in [0.29, 0.717) is 12.5 Å². The standard InChI is InChI=1S/C7H12NO/c1-2-3-7-4-5-8(9)6-7/h2,7H,1,3-6H2/q-1. The molecule has 0 saturated carbocycles. The third kappa shape index (κ3) is 1.80. The van der Waals surface area contributed by atoms with Gasteiger partial charge in [-0.3, -0.25) is 0 Å². The normalized spacial score (nSPS) is 28.8. The Labute approximate surface area is 55.7 Å². The second-order valence-corrected chi connectivity index (χ2v) is 2.57. The third-order valence-electron chi connectivity index (χ3n) is 1.75. The van der Waals surface area contributed by atoms with Gasteiger partial charge in [-0.2, -0.15) is 0 Å². The minimum absolute atomic E-state index is 0.583. The molecule has 1 aliphatic rings. The molecule has 2 heteroatoms. The zero-order chi connectivity index (χ0) is 6.69. The lowest BCUT2D eigenvalue weighted by Gasteiger charge is -2.20. The fourth-order valence-electron chi connectivity index (χ4n) is 1.23. The van der Waals surface area contributed by atoms with Crippen molar-refractivity contribution in [1.29, 1.82) is 0 Å². The van der Waals surface area contributed by atoms with Crippen LogP contribution in [0.15, 0.2) is 12.7 Å². The van der Waals surface area contributed by atoms with E-state index in [1.807, 2.05) is 6.08 Å². The second kappa shape index (κ2) is 2.99. The number of hydrogen-bond donors (Lipinski definition) is 0. The molecule has 0 amide bonds. The van der Waals surface area contributed by atoms with Crippen LogP contribution in [-0.2, 0) is 0 Å². The van der Waals surface area contributed by atoms with E-state index in [1.165, 1.54) is 0 Å². The van der Waals surface area contributed by atoms with Crippen LogP contribution in [-0.4, -0.2) is 18.2 Å². The quantitative estimate of drug-likeness (QED) is 0.522. The first-order valence-electron chi connectivity index (χ1n) is 3.36. The van der Waals surface area contributed by atoms with Crippen molar-refractivity contribution >= 4 is 0 Å². The van der Waals surface area contributed by atoms with Crippen molar-refractivity contribution in [3.63, 3.8) is 0 Å². The fourth-order valence-corrected chi connectivity index (χ4v) is 1.23. The average Bonchev–Trinajstić information content (AvgIpc) is 2.17. The highest BCUT2D eigenvalue weighted by Crippen LogP contribution is 2.17. The van der Waals surface area contributed by atoms with Crippen LogP contribution < -0.4 is 0 Å². The summed E-state index contributed by atoms with van der Waals surface area (Å²) in [6.45, 7) is 5.06. The molecule has 1 rings (SSSR count). The van der Waals surface area contributed by atoms with E-state index in [0.717, 1.165) is 24.4 Å². The van der Waals surface area contributed by atoms with Gasteiger partial charge in [0.05, 0.1) is 0 Å². The van der Waals surface area contributed by atoms with Crippen LogP contribution in [0, 0.1) is 11.1 Å². The van der Waals surface area contributed by atoms with Gasteiger partial charge >= 0.3 is 0 Å². The highest BCUT2D eigenvalue weighted by Gasteiger charge is 2.13. The van der Waals surface area contributed by atoms with Crippen molar-refractivity contribution in [2.45, 2.75) is 12.8 Å². The Morgan fingerprint density at radius 1 is 1.78 bits per heavy atom. The molecule has 0 aromatic rings. The van der Waals surface area contributed by atoms with Gasteiger partial charge in [0.2, 0.25) is 0 Å². The molecule has 1 aliphatic heterocycles. The van der Waals surface area contributed by atoms with Crippen LogP contribution in [0.4, 0.5) is 0 Å². The highest BCUT2D eigenvalue weighted by atomic mass is 16.5. The molecule has 9 heavy (non-hydrogen) atoms. The van der Waals surface area contributed by atoms with Crippen molar-refractivity contribution in [1.82, 2.24) is 5.06 Å². The molecule has 1 heterocycles. The lowest BCUT2D eigenvalue weighted by molar-refractivity contribution is 0.442. The van der Waals surface area contributed by atoms with Crippen LogP contribution in [0.5, 0.6) is 0 Å². The summed E-state index contributed by atoms with van der Waals surface area (Å²) in [5.74, 6) is 0.583. The predicted octanol–water partition coefficient (Wildman–Crippen LogP) is 1.38. The summed E-state index contributed by atoms with van der Waals surface area (Å²) in [6.07, 6.45) is 3.94. The topological polar surface area (TPSA) is 26.3 Å². The van der Waals surface area contributed by atoms with Gasteiger partial charge in [-0.1, -0.05) is 6.08 Å². The van der Waals surface area contributed by atoms with Gasteiger partial charge in [0.25, 0.3) is 0 Å². The molecule has 0 aliphatic carbocycles. The number of hydroxylamine groups is 2. The Kier molecular flexibility index (Phi) is 2.25. The van der Waals surface area contributed by atoms with E-state index in [9.17, 15) is 5.21 Å². The number of nitrogens with zero attached hydrogens (tertiary/aromatic N) is 1. The van der Waals surface area contributed by atoms with Gasteiger partial charge in [-0.15, -0.1) is 6.58 Å². The van der Waals surface area contributed by atoms with E-state index in [1.54, 1.807) is 0 Å². The summed E-state index contributed by atoms with van der Waals surface area (Å²) in [6, 6.07) is 0. The summed E-state index contributed by atoms with van der Waals surface area (Å²) in [4.78, 5) is 0. The number of hydrogen-bond acceptors (Lipinski definition) is 2. The van der Waals surface area contributed by atoms with Crippen LogP contribution in [0.25, 0.3) is 0 Å². The molecule has 0 N–H and O–H groups in total. The molecule has 0 spiro atoms. The second-order valence-electron chi connectivity index (χ2n) is 2.57. The van der Waals surface area contributed by atoms with E-state index < -0.39 is 0 Å². The smallest absolute Gasteiger partial charge is 0.0112 e. The Morgan fingerprint density at radius 2 is 2.56 bits per heavy atom. The lowest BCUT2D eigenvalue weighted by Crippen LogP contribution is -2.11. The van der Waals surface area contributed by atoms with Crippen LogP contribution in [0.1, 0.15) is 12.8 Å². The molecule has 0 aromatic heterocycles. The third-order valence-corrected chi connectivity index (χ3v) is 1.75. The summed E-state index contributed by atoms with van der Waals surface area (Å²) in [7, 11) is 0. The zero-order valence-electron chi connectivity index (χ0n) is 5.55. The first kappa shape index (κ1) is 6.78. The van der Waals surface area contributed by atoms with Crippen molar-refractivity contribution < 1.29 is 0 Å². The Morgan fingerprint density at radius 3 is 3.00 bits per heavy atom. The highest BCUT2D eigenvalue weighted by molar-refractivity contribution is 4.81. The van der Waals surface area contributed by atoms with Crippen LogP contribution in [0.3, 0.4) is 0 Å². The Hall–Kier alpha value is -0.340. The van der Waals surface area contributed by atoms with Gasteiger partial charge in [0.1, 0.15) is 0 Å². The molecule has 1 atom stereocenters. The Balaban J connectivity index is 2.21. The molecule has 0 bridgehead atoms. The molecular weight excluding hydrogens is 114 g/mol. The van der Waals surface area contributed by atoms with Gasteiger partial charge in [0.15, 0.2) is 0 Å². The zero-order valence-corrected chi connectivity index (χ0v) is 5.55. The van der Waals surface area contributed by atoms with Gasteiger partial charge < -0.3 is 10.3 Å². The monoisotopic (exact) mass is 126 g/mol. The lowest BCUT2D eigenvalue weighted by atomic mass is 10.1. The molecule has 2 nitrogen and oxygen atoms in total. The van der Waals surface area contributed by atoms with Crippen LogP contribution in [0.2, 0.25) is 0 Å². The summed E-state index contributed by atoms with van der Waals surface area (Å²) in [5.41, 5.74) is 0. The maximum Gasteiger partial charge on any atom is -0.0112 e. The Bertz CT molecular complexity index is 103. The van der Waals surface area contributed by atoms with Gasteiger partial charge in [-0.05, 0) is 31.8 Å². The van der Waals surface area contributed by atoms with E-state index >= 15 is 0 Å². The van der Waals surface area contributed by atoms with Gasteiger partial charge in [-0.25, -0.2) is 0 Å². The summed E-state index contributed by atoms with van der Waals surface area (Å²) >= 11 is 0. The first-order chi connectivity index (χ1) is 4.33. The maximum absolute atomic E-state index is 10.6. The first-order valence-corrected chi connectivity index (χ1v) is 3.36. The van der Waals surface area contributed by atoms with E-state index in [2.05, 4.69) is 6.58 Å². The van der Waals surface area contributed by atoms with Crippen molar-refractivity contribution in [3.05, 3.63) is 17.9 Å². The minimum Gasteiger partial charge on any atom is -0.785 e. The van der Waals surface area contributed by atoms with Crippen molar-refractivity contribution in [2.24, 2.45) is 5.92 Å². The largest absolute Gasteiger partial charge is 0.785 e. The SMILES string of the molecule is C=CCC1CCN([O-])C1. The summed E-state index contributed by atoms with van der Waals surface area (Å²) in [5, 5.41) is 11.7. The van der Waals surface area contributed by atoms with Gasteiger partial charge in [0, 0.05) is 0 Å². The molecule has 52 valence electrons. The molecule has 1 unspecified atom stereocenters. The summed E-state index contributed by atoms with van der Waals surface area (Å²) < 4.78 is 0. The molecule has 1 saturated heterocycles. The van der Waals surface area contributed by atoms with E-state index in [-0.39, 0.29) is 0 Å². The average molecular weight is 126 g/mol. The fraction of sp³-hybridized carbons (Fsp3) is 0.714. The van der Waals surface area contributed by atoms with Crippen LogP contribution >= 0.6 is 0 Å². The molecular formula is C7H12NO-. The number of allylic oxidation sites excluding steroid dienone is 1.